The van der Waals surface area contributed by atoms with E-state index in [1.807, 2.05) is 0 Å². The van der Waals surface area contributed by atoms with Crippen LogP contribution in [0, 0.1) is 28.6 Å². The van der Waals surface area contributed by atoms with Crippen LogP contribution in [0.1, 0.15) is 52.4 Å². The van der Waals surface area contributed by atoms with Crippen LogP contribution in [-0.4, -0.2) is 23.8 Å². The fraction of sp³-hybridized carbons (Fsp3) is 0.833. The molecule has 3 heteroatoms. The zero-order chi connectivity index (χ0) is 14.8. The third-order valence-corrected chi connectivity index (χ3v) is 7.33. The van der Waals surface area contributed by atoms with Gasteiger partial charge < -0.3 is 9.84 Å². The maximum absolute atomic E-state index is 12.1. The molecule has 3 nitrogen and oxygen atoms in total. The molecule has 1 N–H and O–H groups in total. The van der Waals surface area contributed by atoms with Gasteiger partial charge in [-0.3, -0.25) is 4.79 Å². The Morgan fingerprint density at radius 2 is 1.95 bits per heavy atom. The molecule has 0 aromatic rings. The summed E-state index contributed by atoms with van der Waals surface area (Å²) in [7, 11) is 0. The van der Waals surface area contributed by atoms with Crippen LogP contribution < -0.4 is 0 Å². The monoisotopic (exact) mass is 290 g/mol. The van der Waals surface area contributed by atoms with E-state index in [1.54, 1.807) is 0 Å². The zero-order valence-electron chi connectivity index (χ0n) is 13.1. The molecule has 116 valence electrons. The standard InChI is InChI=1S/C18H26O3/c1-17-7-5-12(19)9-11(17)3-4-13-14(17)6-8-18(2)15(13)10-21-16(18)20/h3,12-15,19H,4-10H2,1-2H3/t12-,13+,14-,15-,17-,18-/m0/s1. The van der Waals surface area contributed by atoms with Gasteiger partial charge in [-0.15, -0.1) is 0 Å². The first kappa shape index (κ1) is 13.8. The van der Waals surface area contributed by atoms with Crippen LogP contribution in [0.25, 0.3) is 0 Å². The molecule has 4 rings (SSSR count). The Labute approximate surface area is 126 Å². The average Bonchev–Trinajstić information content (AvgIpc) is 2.76. The second kappa shape index (κ2) is 4.34. The number of rotatable bonds is 0. The number of fused-ring (bicyclic) bond motifs is 5. The average molecular weight is 290 g/mol. The van der Waals surface area contributed by atoms with E-state index >= 15 is 0 Å². The summed E-state index contributed by atoms with van der Waals surface area (Å²) in [6.45, 7) is 5.15. The number of cyclic esters (lactones) is 1. The molecule has 4 aliphatic rings. The Balaban J connectivity index is 1.69. The molecule has 2 saturated carbocycles. The van der Waals surface area contributed by atoms with Crippen LogP contribution in [0.3, 0.4) is 0 Å². The zero-order valence-corrected chi connectivity index (χ0v) is 13.1. The number of esters is 1. The summed E-state index contributed by atoms with van der Waals surface area (Å²) in [5, 5.41) is 9.98. The summed E-state index contributed by atoms with van der Waals surface area (Å²) in [5.74, 6) is 1.67. The fourth-order valence-electron chi connectivity index (χ4n) is 5.85. The van der Waals surface area contributed by atoms with E-state index in [2.05, 4.69) is 19.9 Å². The van der Waals surface area contributed by atoms with Crippen molar-refractivity contribution >= 4 is 5.97 Å². The summed E-state index contributed by atoms with van der Waals surface area (Å²) in [5.41, 5.74) is 1.49. The van der Waals surface area contributed by atoms with Crippen molar-refractivity contribution in [2.75, 3.05) is 6.61 Å². The molecular weight excluding hydrogens is 264 g/mol. The molecule has 1 heterocycles. The maximum atomic E-state index is 12.1. The van der Waals surface area contributed by atoms with Crippen molar-refractivity contribution in [3.8, 4) is 0 Å². The van der Waals surface area contributed by atoms with E-state index < -0.39 is 0 Å². The van der Waals surface area contributed by atoms with Gasteiger partial charge in [-0.1, -0.05) is 18.6 Å². The van der Waals surface area contributed by atoms with Crippen molar-refractivity contribution in [2.24, 2.45) is 28.6 Å². The van der Waals surface area contributed by atoms with E-state index in [9.17, 15) is 9.90 Å². The highest BCUT2D eigenvalue weighted by Crippen LogP contribution is 2.62. The van der Waals surface area contributed by atoms with Crippen molar-refractivity contribution < 1.29 is 14.6 Å². The number of hydrogen-bond donors (Lipinski definition) is 1. The Kier molecular flexibility index (Phi) is 2.86. The minimum Gasteiger partial charge on any atom is -0.465 e. The second-order valence-corrected chi connectivity index (χ2v) is 8.21. The van der Waals surface area contributed by atoms with Gasteiger partial charge in [0.25, 0.3) is 0 Å². The number of aliphatic hydroxyl groups is 1. The van der Waals surface area contributed by atoms with Crippen LogP contribution in [0.15, 0.2) is 11.6 Å². The van der Waals surface area contributed by atoms with Crippen molar-refractivity contribution in [1.82, 2.24) is 0 Å². The number of carbonyl (C=O) groups is 1. The van der Waals surface area contributed by atoms with Gasteiger partial charge in [0.05, 0.1) is 18.1 Å². The first-order valence-corrected chi connectivity index (χ1v) is 8.50. The molecule has 3 aliphatic carbocycles. The lowest BCUT2D eigenvalue weighted by atomic mass is 9.48. The number of aliphatic hydroxyl groups excluding tert-OH is 1. The molecule has 6 atom stereocenters. The van der Waals surface area contributed by atoms with E-state index in [4.69, 9.17) is 4.74 Å². The van der Waals surface area contributed by atoms with E-state index in [1.165, 1.54) is 5.57 Å². The SMILES string of the molecule is C[C@]12CC[C@H](O)CC1=CC[C@@H]1[C@@H]2CC[C@]2(C)C(=O)OC[C@@H]12. The van der Waals surface area contributed by atoms with Gasteiger partial charge in [-0.25, -0.2) is 0 Å². The molecule has 0 radical (unpaired) electrons. The number of ether oxygens (including phenoxy) is 1. The molecule has 0 unspecified atom stereocenters. The van der Waals surface area contributed by atoms with Crippen molar-refractivity contribution in [3.05, 3.63) is 11.6 Å². The Morgan fingerprint density at radius 3 is 2.76 bits per heavy atom. The minimum atomic E-state index is -0.239. The van der Waals surface area contributed by atoms with Crippen molar-refractivity contribution in [2.45, 2.75) is 58.5 Å². The number of hydrogen-bond acceptors (Lipinski definition) is 3. The molecular formula is C18H26O3. The van der Waals surface area contributed by atoms with Gasteiger partial charge in [0.2, 0.25) is 0 Å². The minimum absolute atomic E-state index is 0.0324. The van der Waals surface area contributed by atoms with Crippen LogP contribution in [-0.2, 0) is 9.53 Å². The number of carbonyl (C=O) groups excluding carboxylic acids is 1. The highest BCUT2D eigenvalue weighted by molar-refractivity contribution is 5.79. The quantitative estimate of drug-likeness (QED) is 0.551. The summed E-state index contributed by atoms with van der Waals surface area (Å²) < 4.78 is 5.44. The molecule has 21 heavy (non-hydrogen) atoms. The Hall–Kier alpha value is -0.830. The van der Waals surface area contributed by atoms with Gasteiger partial charge in [-0.05, 0) is 62.7 Å². The van der Waals surface area contributed by atoms with Crippen LogP contribution in [0.4, 0.5) is 0 Å². The number of allylic oxidation sites excluding steroid dienone is 1. The van der Waals surface area contributed by atoms with Crippen LogP contribution >= 0.6 is 0 Å². The largest absolute Gasteiger partial charge is 0.465 e. The topological polar surface area (TPSA) is 46.5 Å². The summed E-state index contributed by atoms with van der Waals surface area (Å²) in [6, 6.07) is 0. The van der Waals surface area contributed by atoms with Crippen LogP contribution in [0.2, 0.25) is 0 Å². The molecule has 1 saturated heterocycles. The molecule has 0 bridgehead atoms. The highest BCUT2D eigenvalue weighted by Gasteiger charge is 2.60. The molecule has 0 amide bonds. The third-order valence-electron chi connectivity index (χ3n) is 7.33. The third kappa shape index (κ3) is 1.73. The maximum Gasteiger partial charge on any atom is 0.312 e. The Bertz CT molecular complexity index is 511. The summed E-state index contributed by atoms with van der Waals surface area (Å²) >= 11 is 0. The van der Waals surface area contributed by atoms with Gasteiger partial charge in [0, 0.05) is 5.92 Å². The molecule has 0 aromatic carbocycles. The van der Waals surface area contributed by atoms with Gasteiger partial charge in [0.1, 0.15) is 0 Å². The van der Waals surface area contributed by atoms with Crippen molar-refractivity contribution in [3.63, 3.8) is 0 Å². The smallest absolute Gasteiger partial charge is 0.312 e. The highest BCUT2D eigenvalue weighted by atomic mass is 16.5. The van der Waals surface area contributed by atoms with Gasteiger partial charge >= 0.3 is 5.97 Å². The predicted octanol–water partition coefficient (Wildman–Crippen LogP) is 3.07. The summed E-state index contributed by atoms with van der Waals surface area (Å²) in [6.07, 6.45) is 8.30. The van der Waals surface area contributed by atoms with E-state index in [0.717, 1.165) is 38.5 Å². The molecule has 0 aromatic heterocycles. The molecule has 1 aliphatic heterocycles. The van der Waals surface area contributed by atoms with E-state index in [-0.39, 0.29) is 22.9 Å². The normalized spacial score (nSPS) is 52.3. The van der Waals surface area contributed by atoms with Crippen LogP contribution in [0.5, 0.6) is 0 Å². The predicted molar refractivity (Wildman–Crippen MR) is 79.4 cm³/mol. The van der Waals surface area contributed by atoms with Gasteiger partial charge in [0.15, 0.2) is 0 Å². The Morgan fingerprint density at radius 1 is 1.19 bits per heavy atom. The lowest BCUT2D eigenvalue weighted by Crippen LogP contribution is -2.51. The first-order valence-electron chi connectivity index (χ1n) is 8.50. The lowest BCUT2D eigenvalue weighted by molar-refractivity contribution is -0.148. The van der Waals surface area contributed by atoms with Gasteiger partial charge in [-0.2, -0.15) is 0 Å². The second-order valence-electron chi connectivity index (χ2n) is 8.21. The first-order chi connectivity index (χ1) is 9.95. The van der Waals surface area contributed by atoms with Crippen molar-refractivity contribution in [1.29, 1.82) is 0 Å². The summed E-state index contributed by atoms with van der Waals surface area (Å²) in [4.78, 5) is 12.1. The van der Waals surface area contributed by atoms with E-state index in [0.29, 0.717) is 24.4 Å². The lowest BCUT2D eigenvalue weighted by Gasteiger charge is -2.55. The molecule has 0 spiro atoms. The fourth-order valence-corrected chi connectivity index (χ4v) is 5.85. The molecule has 3 fully saturated rings.